The Kier molecular flexibility index (Phi) is 5.80. The summed E-state index contributed by atoms with van der Waals surface area (Å²) in [6.45, 7) is 3.61. The van der Waals surface area contributed by atoms with Crippen molar-refractivity contribution in [3.63, 3.8) is 0 Å². The molecular formula is C16H24FNO. The minimum atomic E-state index is -0.176. The average Bonchev–Trinajstić information content (AvgIpc) is 2.44. The van der Waals surface area contributed by atoms with Crippen LogP contribution in [0.4, 0.5) is 4.39 Å². The maximum Gasteiger partial charge on any atom is 0.123 e. The fourth-order valence-corrected chi connectivity index (χ4v) is 2.63. The molecule has 1 aromatic rings. The molecule has 2 nitrogen and oxygen atoms in total. The maximum absolute atomic E-state index is 13.1. The Bertz CT molecular complexity index is 377. The van der Waals surface area contributed by atoms with Crippen LogP contribution in [0.5, 0.6) is 0 Å². The van der Waals surface area contributed by atoms with Crippen LogP contribution in [-0.4, -0.2) is 19.3 Å². The summed E-state index contributed by atoms with van der Waals surface area (Å²) in [6, 6.07) is 6.91. The number of ether oxygens (including phenoxy) is 1. The van der Waals surface area contributed by atoms with Crippen LogP contribution in [0.2, 0.25) is 0 Å². The van der Waals surface area contributed by atoms with Gasteiger partial charge in [0, 0.05) is 12.6 Å². The van der Waals surface area contributed by atoms with Gasteiger partial charge in [-0.2, -0.15) is 0 Å². The minimum Gasteiger partial charge on any atom is -0.377 e. The van der Waals surface area contributed by atoms with E-state index >= 15 is 0 Å². The summed E-state index contributed by atoms with van der Waals surface area (Å²) in [7, 11) is 0. The Morgan fingerprint density at radius 3 is 2.84 bits per heavy atom. The predicted octanol–water partition coefficient (Wildman–Crippen LogP) is 3.83. The van der Waals surface area contributed by atoms with Gasteiger partial charge in [-0.25, -0.2) is 4.39 Å². The molecule has 0 radical (unpaired) electrons. The maximum atomic E-state index is 13.1. The van der Waals surface area contributed by atoms with Crippen molar-refractivity contribution in [3.8, 4) is 0 Å². The van der Waals surface area contributed by atoms with E-state index in [0.29, 0.717) is 6.10 Å². The Labute approximate surface area is 115 Å². The number of hydrogen-bond acceptors (Lipinski definition) is 2. The molecule has 0 aromatic heterocycles. The van der Waals surface area contributed by atoms with Crippen molar-refractivity contribution < 1.29 is 9.13 Å². The van der Waals surface area contributed by atoms with Crippen molar-refractivity contribution in [1.29, 1.82) is 0 Å². The van der Waals surface area contributed by atoms with Crippen LogP contribution >= 0.6 is 0 Å². The molecule has 106 valence electrons. The second kappa shape index (κ2) is 7.61. The van der Waals surface area contributed by atoms with Gasteiger partial charge in [0.05, 0.1) is 12.7 Å². The van der Waals surface area contributed by atoms with E-state index in [1.807, 2.05) is 6.07 Å². The highest BCUT2D eigenvalue weighted by Gasteiger charge is 2.13. The fourth-order valence-electron chi connectivity index (χ4n) is 2.63. The van der Waals surface area contributed by atoms with E-state index in [1.54, 1.807) is 12.1 Å². The predicted molar refractivity (Wildman–Crippen MR) is 75.6 cm³/mol. The zero-order valence-electron chi connectivity index (χ0n) is 11.7. The normalized spacial score (nSPS) is 18.4. The standard InChI is InChI=1S/C16H24FNO/c1-13(14-6-5-7-15(17)12-14)18-10-11-19-16-8-3-2-4-9-16/h5-7,12-13,16,18H,2-4,8-11H2,1H3. The van der Waals surface area contributed by atoms with Crippen molar-refractivity contribution in [3.05, 3.63) is 35.6 Å². The first-order valence-corrected chi connectivity index (χ1v) is 7.36. The molecular weight excluding hydrogens is 241 g/mol. The molecule has 2 rings (SSSR count). The lowest BCUT2D eigenvalue weighted by molar-refractivity contribution is 0.0295. The topological polar surface area (TPSA) is 21.3 Å². The minimum absolute atomic E-state index is 0.158. The van der Waals surface area contributed by atoms with Crippen LogP contribution in [0.15, 0.2) is 24.3 Å². The van der Waals surface area contributed by atoms with Crippen molar-refractivity contribution in [1.82, 2.24) is 5.32 Å². The second-order valence-electron chi connectivity index (χ2n) is 5.36. The molecule has 19 heavy (non-hydrogen) atoms. The molecule has 0 aliphatic heterocycles. The molecule has 1 unspecified atom stereocenters. The largest absolute Gasteiger partial charge is 0.377 e. The highest BCUT2D eigenvalue weighted by atomic mass is 19.1. The SMILES string of the molecule is CC(NCCOC1CCCCC1)c1cccc(F)c1. The molecule has 1 saturated carbocycles. The van der Waals surface area contributed by atoms with E-state index in [-0.39, 0.29) is 11.9 Å². The Hall–Kier alpha value is -0.930. The Morgan fingerprint density at radius 2 is 2.11 bits per heavy atom. The van der Waals surface area contributed by atoms with Crippen molar-refractivity contribution in [2.24, 2.45) is 0 Å². The van der Waals surface area contributed by atoms with Crippen molar-refractivity contribution in [2.45, 2.75) is 51.2 Å². The molecule has 1 N–H and O–H groups in total. The zero-order valence-corrected chi connectivity index (χ0v) is 11.7. The quantitative estimate of drug-likeness (QED) is 0.789. The summed E-state index contributed by atoms with van der Waals surface area (Å²) in [5.41, 5.74) is 0.984. The molecule has 1 aromatic carbocycles. The molecule has 1 atom stereocenters. The van der Waals surface area contributed by atoms with E-state index in [4.69, 9.17) is 4.74 Å². The summed E-state index contributed by atoms with van der Waals surface area (Å²) >= 11 is 0. The lowest BCUT2D eigenvalue weighted by Crippen LogP contribution is -2.26. The first-order valence-electron chi connectivity index (χ1n) is 7.36. The van der Waals surface area contributed by atoms with Gasteiger partial charge in [-0.15, -0.1) is 0 Å². The van der Waals surface area contributed by atoms with E-state index in [0.717, 1.165) is 18.7 Å². The van der Waals surface area contributed by atoms with Crippen LogP contribution in [0.1, 0.15) is 50.6 Å². The van der Waals surface area contributed by atoms with Crippen molar-refractivity contribution >= 4 is 0 Å². The van der Waals surface area contributed by atoms with Crippen LogP contribution in [-0.2, 0) is 4.74 Å². The van der Waals surface area contributed by atoms with Gasteiger partial charge >= 0.3 is 0 Å². The molecule has 0 saturated heterocycles. The number of nitrogens with one attached hydrogen (secondary N) is 1. The molecule has 1 aliphatic carbocycles. The third-order valence-electron chi connectivity index (χ3n) is 3.81. The van der Waals surface area contributed by atoms with Crippen LogP contribution < -0.4 is 5.32 Å². The van der Waals surface area contributed by atoms with Gasteiger partial charge in [0.25, 0.3) is 0 Å². The lowest BCUT2D eigenvalue weighted by Gasteiger charge is -2.22. The van der Waals surface area contributed by atoms with E-state index in [2.05, 4.69) is 12.2 Å². The van der Waals surface area contributed by atoms with Gasteiger partial charge in [0.15, 0.2) is 0 Å². The van der Waals surface area contributed by atoms with Gasteiger partial charge in [0.1, 0.15) is 5.82 Å². The summed E-state index contributed by atoms with van der Waals surface area (Å²) in [5, 5.41) is 3.37. The smallest absolute Gasteiger partial charge is 0.123 e. The summed E-state index contributed by atoms with van der Waals surface area (Å²) in [4.78, 5) is 0. The van der Waals surface area contributed by atoms with Crippen LogP contribution in [0, 0.1) is 5.82 Å². The highest BCUT2D eigenvalue weighted by Crippen LogP contribution is 2.20. The molecule has 0 bridgehead atoms. The molecule has 1 aliphatic rings. The summed E-state index contributed by atoms with van der Waals surface area (Å²) in [5.74, 6) is -0.176. The summed E-state index contributed by atoms with van der Waals surface area (Å²) < 4.78 is 19.0. The monoisotopic (exact) mass is 265 g/mol. The summed E-state index contributed by atoms with van der Waals surface area (Å²) in [6.07, 6.45) is 6.84. The Morgan fingerprint density at radius 1 is 1.32 bits per heavy atom. The number of halogens is 1. The Balaban J connectivity index is 1.64. The van der Waals surface area contributed by atoms with E-state index in [1.165, 1.54) is 38.2 Å². The zero-order chi connectivity index (χ0) is 13.5. The van der Waals surface area contributed by atoms with Gasteiger partial charge in [-0.3, -0.25) is 0 Å². The van der Waals surface area contributed by atoms with Crippen LogP contribution in [0.3, 0.4) is 0 Å². The highest BCUT2D eigenvalue weighted by molar-refractivity contribution is 5.19. The molecule has 0 heterocycles. The second-order valence-corrected chi connectivity index (χ2v) is 5.36. The first-order chi connectivity index (χ1) is 9.25. The van der Waals surface area contributed by atoms with Gasteiger partial charge < -0.3 is 10.1 Å². The average molecular weight is 265 g/mol. The third kappa shape index (κ3) is 4.92. The van der Waals surface area contributed by atoms with Gasteiger partial charge in [0.2, 0.25) is 0 Å². The first kappa shape index (κ1) is 14.5. The van der Waals surface area contributed by atoms with Crippen LogP contribution in [0.25, 0.3) is 0 Å². The molecule has 1 fully saturated rings. The van der Waals surface area contributed by atoms with Gasteiger partial charge in [-0.05, 0) is 37.5 Å². The third-order valence-corrected chi connectivity index (χ3v) is 3.81. The van der Waals surface area contributed by atoms with Gasteiger partial charge in [-0.1, -0.05) is 31.4 Å². The molecule has 0 amide bonds. The lowest BCUT2D eigenvalue weighted by atomic mass is 9.98. The number of benzene rings is 1. The molecule has 3 heteroatoms. The molecule has 0 spiro atoms. The number of rotatable bonds is 6. The van der Waals surface area contributed by atoms with E-state index in [9.17, 15) is 4.39 Å². The van der Waals surface area contributed by atoms with Crippen molar-refractivity contribution in [2.75, 3.05) is 13.2 Å². The number of hydrogen-bond donors (Lipinski definition) is 1. The fraction of sp³-hybridized carbons (Fsp3) is 0.625. The van der Waals surface area contributed by atoms with E-state index < -0.39 is 0 Å².